The zero-order chi connectivity index (χ0) is 14.8. The lowest BCUT2D eigenvalue weighted by molar-refractivity contribution is 0.0874. The molecule has 0 aliphatic carbocycles. The lowest BCUT2D eigenvalue weighted by Gasteiger charge is -2.23. The third kappa shape index (κ3) is 2.67. The lowest BCUT2D eigenvalue weighted by atomic mass is 10.1. The van der Waals surface area contributed by atoms with Crippen LogP contribution in [-0.2, 0) is 9.47 Å². The SMILES string of the molecule is c1ccc(-n2ccnc2[C@H]2OCC[C@@H]2N[C@@H]2CCOC2)cc1. The average molecular weight is 299 g/mol. The molecule has 1 N–H and O–H groups in total. The zero-order valence-corrected chi connectivity index (χ0v) is 12.5. The van der Waals surface area contributed by atoms with E-state index in [9.17, 15) is 0 Å². The number of benzene rings is 1. The minimum Gasteiger partial charge on any atom is -0.380 e. The summed E-state index contributed by atoms with van der Waals surface area (Å²) in [6, 6.07) is 11.0. The van der Waals surface area contributed by atoms with Crippen LogP contribution in [0.4, 0.5) is 0 Å². The summed E-state index contributed by atoms with van der Waals surface area (Å²) in [6.45, 7) is 2.43. The van der Waals surface area contributed by atoms with Gasteiger partial charge in [0.1, 0.15) is 11.9 Å². The van der Waals surface area contributed by atoms with Crippen molar-refractivity contribution in [3.8, 4) is 5.69 Å². The van der Waals surface area contributed by atoms with Crippen LogP contribution < -0.4 is 5.32 Å². The summed E-state index contributed by atoms with van der Waals surface area (Å²) in [4.78, 5) is 4.57. The molecule has 3 atom stereocenters. The van der Waals surface area contributed by atoms with Gasteiger partial charge in [-0.1, -0.05) is 18.2 Å². The minimum atomic E-state index is -0.00388. The van der Waals surface area contributed by atoms with Crippen LogP contribution in [-0.4, -0.2) is 41.5 Å². The molecule has 0 radical (unpaired) electrons. The average Bonchev–Trinajstić information content (AvgIpc) is 3.29. The summed E-state index contributed by atoms with van der Waals surface area (Å²) in [5.41, 5.74) is 1.12. The zero-order valence-electron chi connectivity index (χ0n) is 12.5. The van der Waals surface area contributed by atoms with Gasteiger partial charge in [-0.2, -0.15) is 0 Å². The van der Waals surface area contributed by atoms with Gasteiger partial charge >= 0.3 is 0 Å². The second kappa shape index (κ2) is 6.20. The number of ether oxygens (including phenoxy) is 2. The van der Waals surface area contributed by atoms with Gasteiger partial charge in [-0.25, -0.2) is 4.98 Å². The Morgan fingerprint density at radius 3 is 2.86 bits per heavy atom. The van der Waals surface area contributed by atoms with Gasteiger partial charge in [0.2, 0.25) is 0 Å². The first-order valence-electron chi connectivity index (χ1n) is 7.96. The molecular formula is C17H21N3O2. The number of rotatable bonds is 4. The molecule has 0 amide bonds. The molecule has 2 aliphatic rings. The minimum absolute atomic E-state index is 0.00388. The van der Waals surface area contributed by atoms with Crippen molar-refractivity contribution >= 4 is 0 Å². The summed E-state index contributed by atoms with van der Waals surface area (Å²) in [6.07, 6.45) is 5.94. The van der Waals surface area contributed by atoms with Gasteiger partial charge in [0.25, 0.3) is 0 Å². The Balaban J connectivity index is 1.57. The van der Waals surface area contributed by atoms with Gasteiger partial charge in [-0.3, -0.25) is 0 Å². The van der Waals surface area contributed by atoms with Crippen molar-refractivity contribution in [2.45, 2.75) is 31.0 Å². The Morgan fingerprint density at radius 2 is 2.05 bits per heavy atom. The summed E-state index contributed by atoms with van der Waals surface area (Å²) in [5.74, 6) is 0.972. The number of nitrogens with zero attached hydrogens (tertiary/aromatic N) is 2. The van der Waals surface area contributed by atoms with Gasteiger partial charge in [0.05, 0.1) is 6.61 Å². The van der Waals surface area contributed by atoms with Crippen molar-refractivity contribution in [2.24, 2.45) is 0 Å². The highest BCUT2D eigenvalue weighted by Crippen LogP contribution is 2.30. The maximum Gasteiger partial charge on any atom is 0.144 e. The van der Waals surface area contributed by atoms with E-state index in [1.165, 1.54) is 0 Å². The first-order valence-corrected chi connectivity index (χ1v) is 7.96. The van der Waals surface area contributed by atoms with Crippen molar-refractivity contribution in [3.63, 3.8) is 0 Å². The van der Waals surface area contributed by atoms with Crippen LogP contribution in [0.2, 0.25) is 0 Å². The monoisotopic (exact) mass is 299 g/mol. The van der Waals surface area contributed by atoms with E-state index >= 15 is 0 Å². The van der Waals surface area contributed by atoms with Gasteiger partial charge < -0.3 is 19.4 Å². The fourth-order valence-electron chi connectivity index (χ4n) is 3.32. The third-order valence-corrected chi connectivity index (χ3v) is 4.43. The molecule has 22 heavy (non-hydrogen) atoms. The van der Waals surface area contributed by atoms with Gasteiger partial charge in [0, 0.05) is 43.4 Å². The largest absolute Gasteiger partial charge is 0.380 e. The van der Waals surface area contributed by atoms with Gasteiger partial charge in [0.15, 0.2) is 0 Å². The molecule has 4 rings (SSSR count). The molecule has 2 fully saturated rings. The number of nitrogens with one attached hydrogen (secondary N) is 1. The van der Waals surface area contributed by atoms with Crippen LogP contribution in [0.25, 0.3) is 5.69 Å². The molecule has 5 heteroatoms. The molecule has 1 aromatic heterocycles. The van der Waals surface area contributed by atoms with E-state index in [2.05, 4.69) is 27.0 Å². The molecule has 5 nitrogen and oxygen atoms in total. The van der Waals surface area contributed by atoms with E-state index in [-0.39, 0.29) is 6.10 Å². The second-order valence-electron chi connectivity index (χ2n) is 5.90. The van der Waals surface area contributed by atoms with Crippen molar-refractivity contribution in [1.82, 2.24) is 14.9 Å². The molecule has 0 unspecified atom stereocenters. The molecule has 3 heterocycles. The number of hydrogen-bond donors (Lipinski definition) is 1. The highest BCUT2D eigenvalue weighted by Gasteiger charge is 2.35. The Bertz CT molecular complexity index is 607. The molecule has 0 spiro atoms. The Labute approximate surface area is 130 Å². The Hall–Kier alpha value is -1.69. The van der Waals surface area contributed by atoms with Crippen LogP contribution in [0.3, 0.4) is 0 Å². The second-order valence-corrected chi connectivity index (χ2v) is 5.90. The molecule has 2 aliphatic heterocycles. The topological polar surface area (TPSA) is 48.3 Å². The molecule has 2 aromatic rings. The van der Waals surface area contributed by atoms with E-state index in [1.54, 1.807) is 0 Å². The van der Waals surface area contributed by atoms with Crippen molar-refractivity contribution in [1.29, 1.82) is 0 Å². The van der Waals surface area contributed by atoms with E-state index in [1.807, 2.05) is 30.6 Å². The molecule has 2 saturated heterocycles. The van der Waals surface area contributed by atoms with Crippen LogP contribution in [0.1, 0.15) is 24.8 Å². The normalized spacial score (nSPS) is 28.3. The van der Waals surface area contributed by atoms with Crippen LogP contribution in [0.15, 0.2) is 42.7 Å². The predicted molar refractivity (Wildman–Crippen MR) is 83.0 cm³/mol. The number of imidazole rings is 1. The van der Waals surface area contributed by atoms with Crippen LogP contribution >= 0.6 is 0 Å². The fraction of sp³-hybridized carbons (Fsp3) is 0.471. The number of hydrogen-bond acceptors (Lipinski definition) is 4. The van der Waals surface area contributed by atoms with Gasteiger partial charge in [-0.15, -0.1) is 0 Å². The summed E-state index contributed by atoms with van der Waals surface area (Å²) < 4.78 is 13.6. The maximum atomic E-state index is 6.00. The fourth-order valence-corrected chi connectivity index (χ4v) is 3.32. The van der Waals surface area contributed by atoms with Gasteiger partial charge in [-0.05, 0) is 25.0 Å². The van der Waals surface area contributed by atoms with Crippen molar-refractivity contribution in [3.05, 3.63) is 48.5 Å². The van der Waals surface area contributed by atoms with Crippen LogP contribution in [0.5, 0.6) is 0 Å². The highest BCUT2D eigenvalue weighted by atomic mass is 16.5. The summed E-state index contributed by atoms with van der Waals surface area (Å²) in [7, 11) is 0. The summed E-state index contributed by atoms with van der Waals surface area (Å²) in [5, 5.41) is 3.69. The third-order valence-electron chi connectivity index (χ3n) is 4.43. The summed E-state index contributed by atoms with van der Waals surface area (Å²) >= 11 is 0. The number of para-hydroxylation sites is 1. The highest BCUT2D eigenvalue weighted by molar-refractivity contribution is 5.33. The lowest BCUT2D eigenvalue weighted by Crippen LogP contribution is -2.40. The van der Waals surface area contributed by atoms with Crippen molar-refractivity contribution in [2.75, 3.05) is 19.8 Å². The molecule has 0 bridgehead atoms. The van der Waals surface area contributed by atoms with E-state index in [4.69, 9.17) is 9.47 Å². The molecular weight excluding hydrogens is 278 g/mol. The predicted octanol–water partition coefficient (Wildman–Crippen LogP) is 2.08. The smallest absolute Gasteiger partial charge is 0.144 e. The number of aromatic nitrogens is 2. The standard InChI is InChI=1S/C17H21N3O2/c1-2-4-14(5-3-1)20-9-8-18-17(20)16-15(7-11-22-16)19-13-6-10-21-12-13/h1-5,8-9,13,15-16,19H,6-7,10-12H2/t13-,15+,16+/m1/s1. The van der Waals surface area contributed by atoms with E-state index < -0.39 is 0 Å². The first-order chi connectivity index (χ1) is 10.9. The first kappa shape index (κ1) is 13.9. The molecule has 116 valence electrons. The Morgan fingerprint density at radius 1 is 1.14 bits per heavy atom. The van der Waals surface area contributed by atoms with Crippen molar-refractivity contribution < 1.29 is 9.47 Å². The van der Waals surface area contributed by atoms with E-state index in [0.29, 0.717) is 12.1 Å². The van der Waals surface area contributed by atoms with Crippen LogP contribution in [0, 0.1) is 0 Å². The molecule has 1 aromatic carbocycles. The maximum absolute atomic E-state index is 6.00. The quantitative estimate of drug-likeness (QED) is 0.939. The van der Waals surface area contributed by atoms with E-state index in [0.717, 1.165) is 44.2 Å². The Kier molecular flexibility index (Phi) is 3.93. The molecule has 0 saturated carbocycles.